The Morgan fingerprint density at radius 3 is 0.992 bits per heavy atom. The minimum absolute atomic E-state index is 0.0237. The van der Waals surface area contributed by atoms with Crippen LogP contribution in [-0.4, -0.2) is 270 Å². The lowest BCUT2D eigenvalue weighted by atomic mass is 10.2. The van der Waals surface area contributed by atoms with Crippen LogP contribution in [0.4, 0.5) is 46.0 Å². The maximum atomic E-state index is 12.4. The zero-order chi connectivity index (χ0) is 86.9. The van der Waals surface area contributed by atoms with E-state index >= 15 is 0 Å². The Labute approximate surface area is 712 Å². The minimum Gasteiger partial charge on any atom is -0.494 e. The summed E-state index contributed by atoms with van der Waals surface area (Å²) in [5, 5.41) is 57.3. The number of aromatic amines is 4. The average molecular weight is 1690 g/mol. The van der Waals surface area contributed by atoms with E-state index in [1.165, 1.54) is 25.3 Å². The second-order valence-electron chi connectivity index (χ2n) is 29.2. The third-order valence-electron chi connectivity index (χ3n) is 20.5. The van der Waals surface area contributed by atoms with Gasteiger partial charge in [-0.05, 0) is 99.9 Å². The zero-order valence-corrected chi connectivity index (χ0v) is 69.7. The van der Waals surface area contributed by atoms with Gasteiger partial charge in [0.25, 0.3) is 0 Å². The molecular formula is C86H100N24O14. The average Bonchev–Trinajstić information content (AvgIpc) is 1.66. The lowest BCUT2D eigenvalue weighted by Crippen LogP contribution is -2.31. The highest BCUT2D eigenvalue weighted by Crippen LogP contribution is 2.38. The van der Waals surface area contributed by atoms with E-state index in [4.69, 9.17) is 28.4 Å². The Hall–Kier alpha value is -14.9. The van der Waals surface area contributed by atoms with Gasteiger partial charge in [0.2, 0.25) is 23.6 Å². The van der Waals surface area contributed by atoms with E-state index in [1.54, 1.807) is 109 Å². The van der Waals surface area contributed by atoms with Gasteiger partial charge in [-0.2, -0.15) is 0 Å². The number of hydrogen-bond acceptors (Lipinski definition) is 30. The fourth-order valence-corrected chi connectivity index (χ4v) is 13.7. The Morgan fingerprint density at radius 1 is 0.339 bits per heavy atom. The highest BCUT2D eigenvalue weighted by atomic mass is 16.5. The van der Waals surface area contributed by atoms with Gasteiger partial charge in [-0.3, -0.25) is 39.1 Å². The molecular weight excluding hydrogens is 1590 g/mol. The van der Waals surface area contributed by atoms with Crippen LogP contribution in [0.25, 0.3) is 44.1 Å². The number of benzene rings is 4. The fourth-order valence-electron chi connectivity index (χ4n) is 13.7. The van der Waals surface area contributed by atoms with Gasteiger partial charge in [-0.25, -0.2) is 39.9 Å². The number of fused-ring (bicyclic) bond motifs is 8. The van der Waals surface area contributed by atoms with Crippen LogP contribution in [-0.2, 0) is 19.2 Å². The topological polar surface area (TPSA) is 481 Å². The van der Waals surface area contributed by atoms with E-state index in [2.05, 4.69) is 101 Å². The highest BCUT2D eigenvalue weighted by molar-refractivity contribution is 6.09. The van der Waals surface area contributed by atoms with Crippen molar-refractivity contribution >= 4 is 139 Å². The molecule has 0 spiro atoms. The third kappa shape index (κ3) is 22.6. The van der Waals surface area contributed by atoms with Crippen LogP contribution in [0.5, 0.6) is 58.0 Å². The molecule has 12 N–H and O–H groups in total. The van der Waals surface area contributed by atoms with Crippen molar-refractivity contribution in [2.45, 2.75) is 77.0 Å². The number of methoxy groups -OCH3 is 2. The summed E-state index contributed by atoms with van der Waals surface area (Å²) in [4.78, 5) is 120. The summed E-state index contributed by atoms with van der Waals surface area (Å²) in [5.41, 5.74) is 6.62. The SMILES string of the molecule is CN1CCCNc2ncnc3[nH]c(O)c(c23)C=Nc2cccc(c2)OCCCC1=O.CN1CCNc2ncnc3[nH]c(O)c(c23)C=Nc2cccc(c2)OCCCC1=O.COc1ccc2cc1OCCCC(=O)N(C)CCCNc1ncnc3[nH]c(O)c(c13)C=N2.COc1ccc2cc1OCCCCC(=O)N(C)CCCNc1ncnc3[nH]c(O)c(c13)C=N2. The number of likely N-dealkylation sites (N-methyl/N-ethyl adjacent to an activating group) is 1. The number of ether oxygens (including phenoxy) is 6. The molecule has 0 aliphatic carbocycles. The van der Waals surface area contributed by atoms with Crippen LogP contribution in [0.2, 0.25) is 0 Å². The van der Waals surface area contributed by atoms with E-state index in [9.17, 15) is 39.6 Å². The number of aromatic nitrogens is 12. The number of amides is 4. The van der Waals surface area contributed by atoms with E-state index in [-0.39, 0.29) is 47.1 Å². The molecule has 38 heteroatoms. The second-order valence-corrected chi connectivity index (χ2v) is 29.2. The summed E-state index contributed by atoms with van der Waals surface area (Å²) in [6.45, 7) is 6.51. The molecule has 4 amide bonds. The first-order valence-corrected chi connectivity index (χ1v) is 40.7. The number of H-pyrrole nitrogens is 4. The van der Waals surface area contributed by atoms with Gasteiger partial charge in [-0.15, -0.1) is 0 Å². The van der Waals surface area contributed by atoms with Crippen molar-refractivity contribution in [1.82, 2.24) is 79.4 Å². The third-order valence-corrected chi connectivity index (χ3v) is 20.5. The van der Waals surface area contributed by atoms with Crippen molar-refractivity contribution < 1.29 is 68.0 Å². The van der Waals surface area contributed by atoms with Crippen LogP contribution >= 0.6 is 0 Å². The first kappa shape index (κ1) is 87.0. The first-order valence-electron chi connectivity index (χ1n) is 40.7. The zero-order valence-electron chi connectivity index (χ0n) is 69.7. The van der Waals surface area contributed by atoms with E-state index in [1.807, 2.05) is 62.6 Å². The molecule has 648 valence electrons. The Bertz CT molecular complexity index is 5850. The number of carbonyl (C=O) groups is 4. The Kier molecular flexibility index (Phi) is 29.7. The molecule has 124 heavy (non-hydrogen) atoms. The van der Waals surface area contributed by atoms with Crippen LogP contribution in [0.15, 0.2) is 130 Å². The molecule has 4 aliphatic rings. The predicted molar refractivity (Wildman–Crippen MR) is 472 cm³/mol. The van der Waals surface area contributed by atoms with Gasteiger partial charge in [-0.1, -0.05) is 12.1 Å². The van der Waals surface area contributed by atoms with Crippen LogP contribution in [0.3, 0.4) is 0 Å². The predicted octanol–water partition coefficient (Wildman–Crippen LogP) is 11.4. The Balaban J connectivity index is 0.000000142. The van der Waals surface area contributed by atoms with Crippen molar-refractivity contribution in [2.24, 2.45) is 20.0 Å². The summed E-state index contributed by atoms with van der Waals surface area (Å²) < 4.78 is 34.1. The van der Waals surface area contributed by atoms with Crippen molar-refractivity contribution in [3.05, 3.63) is 132 Å². The van der Waals surface area contributed by atoms with Crippen molar-refractivity contribution in [1.29, 1.82) is 0 Å². The largest absolute Gasteiger partial charge is 0.494 e. The van der Waals surface area contributed by atoms with Gasteiger partial charge < -0.3 is 110 Å². The summed E-state index contributed by atoms with van der Waals surface area (Å²) in [6.07, 6.45) is 19.4. The molecule has 16 rings (SSSR count). The van der Waals surface area contributed by atoms with Gasteiger partial charge in [0.05, 0.1) is 107 Å². The number of nitrogens with zero attached hydrogens (tertiary/aromatic N) is 16. The molecule has 0 radical (unpaired) electrons. The molecule has 0 fully saturated rings. The standard InChI is InChI=1S/C23H28N6O4.C22H26N6O4.C21H24N6O3.C20H22N6O3/c1-29-10-5-9-24-21-20-16(23(31)28-22(20)27-14-26-21)13-25-15-7-8-17(32-2)18(12-15)33-11-4-3-6-19(29)30;1-28-9-4-8-23-20-19-15(22(30)27-21(19)26-13-25-20)12-24-14-6-7-16(31-2)17(11-14)32-10-3-5-18(28)29;1-27-9-4-8-22-19-18-16(21(29)26-20(18)25-13-24-19)12-23-14-5-2-6-15(11-14)30-10-3-7-17(27)28;1-26-8-7-21-18-17-15(20(28)25-19(17)24-12-23-18)11-22-13-4-2-5-14(10-13)29-9-3-6-16(26)27/h7-8,12-14,31H,3-6,9-11H2,1-2H3,(H2,24,26,27,28);6-7,11-13,30H,3-5,8-10H2,1-2H3,(H2,23,25,26,27);2,5-6,11-13,29H,3-4,7-10H2,1H3,(H2,22,24,25,26);2,4-5,10-12,28H,3,6-9H2,1H3,(H2,21,23,24,25). The monoisotopic (exact) mass is 1690 g/mol. The number of carbonyl (C=O) groups excluding carboxylic acids is 4. The number of anilines is 4. The first-order chi connectivity index (χ1) is 60.4. The van der Waals surface area contributed by atoms with Crippen molar-refractivity contribution in [3.8, 4) is 58.0 Å². The number of aliphatic imine (C=N–C) groups is 4. The van der Waals surface area contributed by atoms with Gasteiger partial charge in [0.15, 0.2) is 46.5 Å². The molecule has 4 aliphatic heterocycles. The second kappa shape index (κ2) is 42.4. The molecule has 12 heterocycles. The maximum absolute atomic E-state index is 12.4. The Morgan fingerprint density at radius 2 is 0.645 bits per heavy atom. The number of hydrogen-bond donors (Lipinski definition) is 12. The molecule has 0 atom stereocenters. The summed E-state index contributed by atoms with van der Waals surface area (Å²) >= 11 is 0. The fraction of sp³-hybridized carbons (Fsp3) is 0.349. The van der Waals surface area contributed by atoms with E-state index in [0.717, 1.165) is 32.1 Å². The lowest BCUT2D eigenvalue weighted by Gasteiger charge is -2.18. The van der Waals surface area contributed by atoms with Crippen LogP contribution < -0.4 is 49.7 Å². The van der Waals surface area contributed by atoms with Crippen molar-refractivity contribution in [2.75, 3.05) is 142 Å². The number of aromatic hydroxyl groups is 4. The number of rotatable bonds is 2. The highest BCUT2D eigenvalue weighted by Gasteiger charge is 2.23. The van der Waals surface area contributed by atoms with Gasteiger partial charge >= 0.3 is 0 Å². The van der Waals surface area contributed by atoms with Gasteiger partial charge in [0.1, 0.15) is 82.7 Å². The summed E-state index contributed by atoms with van der Waals surface area (Å²) in [5.74, 6) is 6.19. The number of nitrogens with one attached hydrogen (secondary N) is 8. The molecule has 0 unspecified atom stereocenters. The molecule has 38 nitrogen and oxygen atoms in total. The minimum atomic E-state index is -0.0444. The van der Waals surface area contributed by atoms with Crippen molar-refractivity contribution in [3.63, 3.8) is 0 Å². The summed E-state index contributed by atoms with van der Waals surface area (Å²) in [7, 11) is 10.4. The normalized spacial score (nSPS) is 15.7. The van der Waals surface area contributed by atoms with E-state index < -0.39 is 0 Å². The summed E-state index contributed by atoms with van der Waals surface area (Å²) in [6, 6.07) is 25.4. The quantitative estimate of drug-likeness (QED) is 0.0765. The van der Waals surface area contributed by atoms with Crippen LogP contribution in [0, 0.1) is 0 Å². The molecule has 4 aromatic carbocycles. The molecule has 8 aromatic heterocycles. The molecule has 12 aromatic rings. The smallest absolute Gasteiger partial charge is 0.222 e. The molecule has 0 saturated carbocycles. The molecule has 0 saturated heterocycles. The molecule has 8 bridgehead atoms. The lowest BCUT2D eigenvalue weighted by molar-refractivity contribution is -0.130. The van der Waals surface area contributed by atoms with Gasteiger partial charge in [0, 0.05) is 155 Å². The van der Waals surface area contributed by atoms with Crippen LogP contribution in [0.1, 0.15) is 99.3 Å². The van der Waals surface area contributed by atoms with E-state index in [0.29, 0.717) is 271 Å². The maximum Gasteiger partial charge on any atom is 0.222 e.